The second kappa shape index (κ2) is 4.99. The Kier molecular flexibility index (Phi) is 3.64. The van der Waals surface area contributed by atoms with Crippen LogP contribution >= 0.6 is 0 Å². The summed E-state index contributed by atoms with van der Waals surface area (Å²) in [5.41, 5.74) is 0. The Morgan fingerprint density at radius 3 is 2.40 bits per heavy atom. The van der Waals surface area contributed by atoms with Gasteiger partial charge in [0, 0.05) is 0 Å². The maximum atomic E-state index is 9.16. The van der Waals surface area contributed by atoms with Gasteiger partial charge in [0.05, 0.1) is 12.1 Å². The Morgan fingerprint density at radius 1 is 1.20 bits per heavy atom. The molecule has 1 N–H and O–H groups in total. The summed E-state index contributed by atoms with van der Waals surface area (Å²) < 4.78 is 0. The normalized spacial score (nSPS) is 33.3. The maximum absolute atomic E-state index is 9.16. The average Bonchev–Trinajstić information content (AvgIpc) is 3.05. The van der Waals surface area contributed by atoms with Crippen molar-refractivity contribution in [2.24, 2.45) is 17.8 Å². The molecule has 0 spiro atoms. The van der Waals surface area contributed by atoms with E-state index in [1.807, 2.05) is 0 Å². The van der Waals surface area contributed by atoms with E-state index in [1.54, 1.807) is 0 Å². The summed E-state index contributed by atoms with van der Waals surface area (Å²) in [4.78, 5) is 0. The summed E-state index contributed by atoms with van der Waals surface area (Å²) in [6.45, 7) is 3.40. The SMILES string of the molecule is CC1CCC(C(C#N)NCC2CC2)CC1. The number of nitrogens with one attached hydrogen (secondary N) is 1. The highest BCUT2D eigenvalue weighted by molar-refractivity contribution is 4.97. The number of hydrogen-bond donors (Lipinski definition) is 1. The van der Waals surface area contributed by atoms with Gasteiger partial charge in [-0.1, -0.05) is 19.8 Å². The Balaban J connectivity index is 1.75. The van der Waals surface area contributed by atoms with Crippen LogP contribution in [0.5, 0.6) is 0 Å². The zero-order chi connectivity index (χ0) is 10.7. The molecule has 1 unspecified atom stereocenters. The summed E-state index contributed by atoms with van der Waals surface area (Å²) in [6.07, 6.45) is 7.86. The third-order valence-electron chi connectivity index (χ3n) is 3.99. The minimum absolute atomic E-state index is 0.123. The van der Waals surface area contributed by atoms with Crippen LogP contribution in [0.25, 0.3) is 0 Å². The fourth-order valence-corrected chi connectivity index (χ4v) is 2.55. The summed E-state index contributed by atoms with van der Waals surface area (Å²) in [5, 5.41) is 12.6. The molecule has 2 fully saturated rings. The maximum Gasteiger partial charge on any atom is 0.0981 e. The van der Waals surface area contributed by atoms with Gasteiger partial charge in [-0.3, -0.25) is 0 Å². The van der Waals surface area contributed by atoms with Crippen molar-refractivity contribution in [1.82, 2.24) is 5.32 Å². The van der Waals surface area contributed by atoms with E-state index < -0.39 is 0 Å². The fraction of sp³-hybridized carbons (Fsp3) is 0.923. The van der Waals surface area contributed by atoms with Crippen molar-refractivity contribution >= 4 is 0 Å². The summed E-state index contributed by atoms with van der Waals surface area (Å²) in [6, 6.07) is 2.58. The van der Waals surface area contributed by atoms with E-state index in [0.717, 1.165) is 18.4 Å². The van der Waals surface area contributed by atoms with Crippen LogP contribution in [0, 0.1) is 29.1 Å². The van der Waals surface area contributed by atoms with Crippen molar-refractivity contribution in [3.8, 4) is 6.07 Å². The molecule has 0 aromatic heterocycles. The van der Waals surface area contributed by atoms with Crippen LogP contribution in [-0.4, -0.2) is 12.6 Å². The molecule has 0 bridgehead atoms. The molecule has 2 aliphatic rings. The van der Waals surface area contributed by atoms with E-state index in [-0.39, 0.29) is 6.04 Å². The number of hydrogen-bond acceptors (Lipinski definition) is 2. The molecular formula is C13H22N2. The van der Waals surface area contributed by atoms with E-state index in [4.69, 9.17) is 5.26 Å². The van der Waals surface area contributed by atoms with Gasteiger partial charge in [0.25, 0.3) is 0 Å². The number of rotatable bonds is 4. The second-order valence-electron chi connectivity index (χ2n) is 5.48. The molecule has 2 rings (SSSR count). The first-order valence-corrected chi connectivity index (χ1v) is 6.42. The van der Waals surface area contributed by atoms with Gasteiger partial charge in [-0.15, -0.1) is 0 Å². The predicted molar refractivity (Wildman–Crippen MR) is 61.2 cm³/mol. The van der Waals surface area contributed by atoms with E-state index in [0.29, 0.717) is 5.92 Å². The standard InChI is InChI=1S/C13H22N2/c1-10-2-6-12(7-3-10)13(8-14)15-9-11-4-5-11/h10-13,15H,2-7,9H2,1H3. The van der Waals surface area contributed by atoms with Gasteiger partial charge in [-0.25, -0.2) is 0 Å². The number of nitriles is 1. The molecular weight excluding hydrogens is 184 g/mol. The van der Waals surface area contributed by atoms with Crippen LogP contribution < -0.4 is 5.32 Å². The molecule has 0 aromatic carbocycles. The zero-order valence-corrected chi connectivity index (χ0v) is 9.71. The van der Waals surface area contributed by atoms with Gasteiger partial charge in [0.15, 0.2) is 0 Å². The summed E-state index contributed by atoms with van der Waals surface area (Å²) >= 11 is 0. The lowest BCUT2D eigenvalue weighted by Gasteiger charge is -2.29. The van der Waals surface area contributed by atoms with Gasteiger partial charge in [0.2, 0.25) is 0 Å². The summed E-state index contributed by atoms with van der Waals surface area (Å²) in [7, 11) is 0. The van der Waals surface area contributed by atoms with Gasteiger partial charge in [-0.2, -0.15) is 5.26 Å². The highest BCUT2D eigenvalue weighted by Crippen LogP contribution is 2.31. The first kappa shape index (κ1) is 11.0. The third kappa shape index (κ3) is 3.21. The Hall–Kier alpha value is -0.550. The van der Waals surface area contributed by atoms with Crippen molar-refractivity contribution in [3.63, 3.8) is 0 Å². The largest absolute Gasteiger partial charge is 0.301 e. The molecule has 0 aromatic rings. The first-order valence-electron chi connectivity index (χ1n) is 6.42. The molecule has 2 heteroatoms. The Morgan fingerprint density at radius 2 is 1.87 bits per heavy atom. The van der Waals surface area contributed by atoms with Crippen molar-refractivity contribution in [2.45, 2.75) is 51.5 Å². The monoisotopic (exact) mass is 206 g/mol. The molecule has 0 radical (unpaired) electrons. The van der Waals surface area contributed by atoms with Crippen LogP contribution in [0.4, 0.5) is 0 Å². The average molecular weight is 206 g/mol. The van der Waals surface area contributed by atoms with Gasteiger partial charge < -0.3 is 5.32 Å². The molecule has 2 saturated carbocycles. The van der Waals surface area contributed by atoms with Crippen LogP contribution in [0.2, 0.25) is 0 Å². The molecule has 0 heterocycles. The lowest BCUT2D eigenvalue weighted by Crippen LogP contribution is -2.37. The summed E-state index contributed by atoms with van der Waals surface area (Å²) in [5.74, 6) is 2.37. The lowest BCUT2D eigenvalue weighted by atomic mass is 9.79. The fourth-order valence-electron chi connectivity index (χ4n) is 2.55. The van der Waals surface area contributed by atoms with Crippen molar-refractivity contribution in [3.05, 3.63) is 0 Å². The van der Waals surface area contributed by atoms with Gasteiger partial charge in [-0.05, 0) is 50.0 Å². The topological polar surface area (TPSA) is 35.8 Å². The van der Waals surface area contributed by atoms with Gasteiger partial charge in [0.1, 0.15) is 0 Å². The van der Waals surface area contributed by atoms with Crippen LogP contribution in [0.15, 0.2) is 0 Å². The molecule has 2 aliphatic carbocycles. The van der Waals surface area contributed by atoms with Crippen LogP contribution in [0.3, 0.4) is 0 Å². The smallest absolute Gasteiger partial charge is 0.0981 e. The van der Waals surface area contributed by atoms with Crippen LogP contribution in [-0.2, 0) is 0 Å². The second-order valence-corrected chi connectivity index (χ2v) is 5.48. The molecule has 0 aliphatic heterocycles. The molecule has 84 valence electrons. The predicted octanol–water partition coefficient (Wildman–Crippen LogP) is 2.70. The third-order valence-corrected chi connectivity index (χ3v) is 3.99. The van der Waals surface area contributed by atoms with E-state index in [2.05, 4.69) is 18.3 Å². The first-order chi connectivity index (χ1) is 7.29. The lowest BCUT2D eigenvalue weighted by molar-refractivity contribution is 0.255. The number of nitrogens with zero attached hydrogens (tertiary/aromatic N) is 1. The molecule has 1 atom stereocenters. The molecule has 15 heavy (non-hydrogen) atoms. The molecule has 2 nitrogen and oxygen atoms in total. The van der Waals surface area contributed by atoms with Crippen molar-refractivity contribution in [2.75, 3.05) is 6.54 Å². The minimum Gasteiger partial charge on any atom is -0.301 e. The zero-order valence-electron chi connectivity index (χ0n) is 9.71. The Bertz CT molecular complexity index is 231. The molecule has 0 saturated heterocycles. The van der Waals surface area contributed by atoms with Gasteiger partial charge >= 0.3 is 0 Å². The van der Waals surface area contributed by atoms with Crippen molar-refractivity contribution in [1.29, 1.82) is 5.26 Å². The molecule has 0 amide bonds. The highest BCUT2D eigenvalue weighted by Gasteiger charge is 2.28. The Labute approximate surface area is 93.0 Å². The van der Waals surface area contributed by atoms with E-state index in [9.17, 15) is 0 Å². The minimum atomic E-state index is 0.123. The van der Waals surface area contributed by atoms with Crippen molar-refractivity contribution < 1.29 is 0 Å². The quantitative estimate of drug-likeness (QED) is 0.767. The van der Waals surface area contributed by atoms with Crippen LogP contribution in [0.1, 0.15) is 45.4 Å². The highest BCUT2D eigenvalue weighted by atomic mass is 14.9. The van der Waals surface area contributed by atoms with E-state index in [1.165, 1.54) is 38.5 Å². The van der Waals surface area contributed by atoms with E-state index >= 15 is 0 Å².